The van der Waals surface area contributed by atoms with Crippen LogP contribution in [0.2, 0.25) is 0 Å². The molecule has 0 radical (unpaired) electrons. The maximum absolute atomic E-state index is 11.7. The first-order chi connectivity index (χ1) is 7.54. The lowest BCUT2D eigenvalue weighted by atomic mass is 10.2. The molecule has 0 aliphatic carbocycles. The molecule has 0 fully saturated rings. The van der Waals surface area contributed by atoms with Gasteiger partial charge in [0.1, 0.15) is 0 Å². The van der Waals surface area contributed by atoms with Crippen LogP contribution < -0.4 is 11.1 Å². The number of carbonyl (C=O) groups excluding carboxylic acids is 1. The van der Waals surface area contributed by atoms with Crippen LogP contribution in [0.4, 0.5) is 0 Å². The average Bonchev–Trinajstić information content (AvgIpc) is 2.73. The number of thiophene rings is 1. The molecule has 0 saturated heterocycles. The van der Waals surface area contributed by atoms with Crippen molar-refractivity contribution in [1.82, 2.24) is 5.32 Å². The molecule has 2 atom stereocenters. The van der Waals surface area contributed by atoms with E-state index in [2.05, 4.69) is 12.2 Å². The predicted molar refractivity (Wildman–Crippen MR) is 65.7 cm³/mol. The Hall–Kier alpha value is -0.910. The minimum Gasteiger partial charge on any atom is -0.392 e. The van der Waals surface area contributed by atoms with E-state index in [0.717, 1.165) is 6.42 Å². The fraction of sp³-hybridized carbons (Fsp3) is 0.545. The second-order valence-electron chi connectivity index (χ2n) is 3.73. The first-order valence-electron chi connectivity index (χ1n) is 5.35. The fourth-order valence-electron chi connectivity index (χ4n) is 1.16. The molecule has 0 saturated carbocycles. The van der Waals surface area contributed by atoms with Gasteiger partial charge in [-0.05, 0) is 25.5 Å². The van der Waals surface area contributed by atoms with Crippen molar-refractivity contribution < 1.29 is 9.90 Å². The van der Waals surface area contributed by atoms with E-state index in [9.17, 15) is 9.90 Å². The molecule has 1 aromatic heterocycles. The van der Waals surface area contributed by atoms with Gasteiger partial charge in [0.15, 0.2) is 0 Å². The van der Waals surface area contributed by atoms with Gasteiger partial charge in [-0.2, -0.15) is 0 Å². The zero-order valence-electron chi connectivity index (χ0n) is 9.56. The van der Waals surface area contributed by atoms with Crippen molar-refractivity contribution in [3.05, 3.63) is 21.9 Å². The topological polar surface area (TPSA) is 75.4 Å². The van der Waals surface area contributed by atoms with Crippen LogP contribution in [-0.2, 0) is 6.42 Å². The largest absolute Gasteiger partial charge is 0.392 e. The highest BCUT2D eigenvalue weighted by Crippen LogP contribution is 2.16. The van der Waals surface area contributed by atoms with E-state index in [1.807, 2.05) is 12.1 Å². The van der Waals surface area contributed by atoms with Gasteiger partial charge >= 0.3 is 0 Å². The number of nitrogens with two attached hydrogens (primary N) is 1. The summed E-state index contributed by atoms with van der Waals surface area (Å²) in [6.07, 6.45) is 0.320. The van der Waals surface area contributed by atoms with Crippen LogP contribution in [-0.4, -0.2) is 29.7 Å². The Kier molecular flexibility index (Phi) is 4.92. The third-order valence-electron chi connectivity index (χ3n) is 2.35. The smallest absolute Gasteiger partial charge is 0.261 e. The summed E-state index contributed by atoms with van der Waals surface area (Å²) in [7, 11) is 0. The summed E-state index contributed by atoms with van der Waals surface area (Å²) in [5.74, 6) is -0.124. The monoisotopic (exact) mass is 242 g/mol. The summed E-state index contributed by atoms with van der Waals surface area (Å²) in [6, 6.07) is 3.34. The molecule has 4 nitrogen and oxygen atoms in total. The van der Waals surface area contributed by atoms with Gasteiger partial charge < -0.3 is 16.2 Å². The number of aryl methyl sites for hydroxylation is 1. The number of hydrogen-bond donors (Lipinski definition) is 3. The first kappa shape index (κ1) is 13.2. The minimum absolute atomic E-state index is 0.124. The Morgan fingerprint density at radius 1 is 1.62 bits per heavy atom. The van der Waals surface area contributed by atoms with Crippen molar-refractivity contribution in [2.75, 3.05) is 6.54 Å². The van der Waals surface area contributed by atoms with E-state index >= 15 is 0 Å². The summed E-state index contributed by atoms with van der Waals surface area (Å²) in [5, 5.41) is 11.9. The van der Waals surface area contributed by atoms with Gasteiger partial charge in [-0.15, -0.1) is 11.3 Å². The molecule has 16 heavy (non-hydrogen) atoms. The molecule has 0 bridgehead atoms. The van der Waals surface area contributed by atoms with Crippen molar-refractivity contribution in [2.24, 2.45) is 5.73 Å². The molecule has 5 heteroatoms. The summed E-state index contributed by atoms with van der Waals surface area (Å²) in [4.78, 5) is 13.5. The normalized spacial score (nSPS) is 14.5. The van der Waals surface area contributed by atoms with Crippen molar-refractivity contribution in [3.8, 4) is 0 Å². The van der Waals surface area contributed by atoms with E-state index in [4.69, 9.17) is 5.73 Å². The highest BCUT2D eigenvalue weighted by molar-refractivity contribution is 7.14. The molecular weight excluding hydrogens is 224 g/mol. The van der Waals surface area contributed by atoms with Crippen molar-refractivity contribution >= 4 is 17.2 Å². The van der Waals surface area contributed by atoms with Crippen LogP contribution in [0.1, 0.15) is 28.4 Å². The average molecular weight is 242 g/mol. The third-order valence-corrected chi connectivity index (χ3v) is 3.58. The van der Waals surface area contributed by atoms with Gasteiger partial charge in [-0.25, -0.2) is 0 Å². The molecule has 1 aromatic rings. The summed E-state index contributed by atoms with van der Waals surface area (Å²) in [5.41, 5.74) is 5.61. The highest BCUT2D eigenvalue weighted by atomic mass is 32.1. The van der Waals surface area contributed by atoms with Crippen molar-refractivity contribution in [1.29, 1.82) is 0 Å². The Labute approximate surface area is 99.5 Å². The number of hydrogen-bond acceptors (Lipinski definition) is 4. The Morgan fingerprint density at radius 3 is 2.81 bits per heavy atom. The van der Waals surface area contributed by atoms with Crippen molar-refractivity contribution in [2.45, 2.75) is 32.4 Å². The summed E-state index contributed by atoms with van der Waals surface area (Å²) < 4.78 is 0. The van der Waals surface area contributed by atoms with Gasteiger partial charge in [-0.1, -0.05) is 6.92 Å². The first-order valence-corrected chi connectivity index (χ1v) is 6.16. The molecule has 1 amide bonds. The third kappa shape index (κ3) is 3.59. The van der Waals surface area contributed by atoms with Crippen LogP contribution in [0.25, 0.3) is 0 Å². The zero-order valence-corrected chi connectivity index (χ0v) is 10.4. The molecule has 0 aliphatic rings. The zero-order chi connectivity index (χ0) is 12.1. The Balaban J connectivity index is 2.46. The number of aliphatic hydroxyl groups is 1. The van der Waals surface area contributed by atoms with E-state index in [-0.39, 0.29) is 12.5 Å². The predicted octanol–water partition coefficient (Wildman–Crippen LogP) is 0.748. The number of carbonyl (C=O) groups is 1. The molecule has 2 unspecified atom stereocenters. The molecule has 1 heterocycles. The van der Waals surface area contributed by atoms with Crippen LogP contribution in [0.5, 0.6) is 0 Å². The van der Waals surface area contributed by atoms with E-state index < -0.39 is 12.1 Å². The SMILES string of the molecule is CCc1ccc(C(=O)NCC(N)C(C)O)s1. The summed E-state index contributed by atoms with van der Waals surface area (Å²) >= 11 is 1.49. The molecule has 1 rings (SSSR count). The number of amides is 1. The molecule has 0 aliphatic heterocycles. The van der Waals surface area contributed by atoms with Gasteiger partial charge in [0, 0.05) is 17.5 Å². The van der Waals surface area contributed by atoms with Crippen LogP contribution in [0.15, 0.2) is 12.1 Å². The molecule has 0 spiro atoms. The van der Waals surface area contributed by atoms with Gasteiger partial charge in [0.25, 0.3) is 5.91 Å². The number of nitrogens with one attached hydrogen (secondary N) is 1. The fourth-order valence-corrected chi connectivity index (χ4v) is 2.02. The van der Waals surface area contributed by atoms with Crippen LogP contribution in [0.3, 0.4) is 0 Å². The van der Waals surface area contributed by atoms with E-state index in [1.54, 1.807) is 6.92 Å². The molecule has 90 valence electrons. The van der Waals surface area contributed by atoms with E-state index in [1.165, 1.54) is 16.2 Å². The van der Waals surface area contributed by atoms with Gasteiger partial charge in [0.05, 0.1) is 11.0 Å². The summed E-state index contributed by atoms with van der Waals surface area (Å²) in [6.45, 7) is 3.95. The number of rotatable bonds is 5. The lowest BCUT2D eigenvalue weighted by molar-refractivity contribution is 0.0941. The molecule has 4 N–H and O–H groups in total. The minimum atomic E-state index is -0.616. The van der Waals surface area contributed by atoms with Gasteiger partial charge in [-0.3, -0.25) is 4.79 Å². The van der Waals surface area contributed by atoms with Crippen LogP contribution in [0, 0.1) is 0 Å². The second-order valence-corrected chi connectivity index (χ2v) is 4.90. The highest BCUT2D eigenvalue weighted by Gasteiger charge is 2.13. The standard InChI is InChI=1S/C11H18N2O2S/c1-3-8-4-5-10(16-8)11(15)13-6-9(12)7(2)14/h4-5,7,9,14H,3,6,12H2,1-2H3,(H,13,15). The number of aliphatic hydroxyl groups excluding tert-OH is 1. The Bertz CT molecular complexity index is 350. The maximum atomic E-state index is 11.7. The molecule has 0 aromatic carbocycles. The molecular formula is C11H18N2O2S. The quantitative estimate of drug-likeness (QED) is 0.713. The van der Waals surface area contributed by atoms with Crippen molar-refractivity contribution in [3.63, 3.8) is 0 Å². The Morgan fingerprint density at radius 2 is 2.31 bits per heavy atom. The lowest BCUT2D eigenvalue weighted by Crippen LogP contribution is -2.43. The lowest BCUT2D eigenvalue weighted by Gasteiger charge is -2.14. The second kappa shape index (κ2) is 5.98. The maximum Gasteiger partial charge on any atom is 0.261 e. The van der Waals surface area contributed by atoms with Gasteiger partial charge in [0.2, 0.25) is 0 Å². The van der Waals surface area contributed by atoms with E-state index in [0.29, 0.717) is 4.88 Å². The van der Waals surface area contributed by atoms with Crippen LogP contribution >= 0.6 is 11.3 Å².